The van der Waals surface area contributed by atoms with E-state index in [1.165, 1.54) is 16.9 Å². The van der Waals surface area contributed by atoms with E-state index in [2.05, 4.69) is 34.1 Å². The molecule has 1 aliphatic heterocycles. The summed E-state index contributed by atoms with van der Waals surface area (Å²) < 4.78 is 21.7. The number of hydrogen-bond donors (Lipinski definition) is 2. The van der Waals surface area contributed by atoms with Crippen LogP contribution in [0.1, 0.15) is 30.5 Å². The zero-order chi connectivity index (χ0) is 22.7. The van der Waals surface area contributed by atoms with E-state index in [1.807, 2.05) is 0 Å². The number of rotatable bonds is 4. The number of ether oxygens (including phenoxy) is 1. The van der Waals surface area contributed by atoms with Crippen LogP contribution in [0, 0.1) is 20.2 Å². The Bertz CT molecular complexity index is 753. The first-order chi connectivity index (χ1) is 13.3. The van der Waals surface area contributed by atoms with Crippen molar-refractivity contribution in [2.45, 2.75) is 45.4 Å². The molecule has 0 aromatic carbocycles. The van der Waals surface area contributed by atoms with Gasteiger partial charge in [0, 0.05) is 0 Å². The summed E-state index contributed by atoms with van der Waals surface area (Å²) in [5.74, 6) is -0.533. The summed E-state index contributed by atoms with van der Waals surface area (Å²) in [6.45, 7) is 8.56. The maximum atomic E-state index is 10.2. The first-order valence-electron chi connectivity index (χ1n) is 8.41. The molecule has 2 aromatic heterocycles. The molecule has 13 nitrogen and oxygen atoms in total. The number of aromatic amines is 1. The molecular formula is C14H25FN7NaO6. The zero-order valence-electron chi connectivity index (χ0n) is 18.9. The van der Waals surface area contributed by atoms with Crippen LogP contribution in [-0.2, 0) is 11.3 Å². The SMILES string of the molecule is CC(C)(O)Cn1ccc([N+](=O)[O-])n1.CC1(C)CO1.O=[N+]([O-])c1ncn[nH]1.[2H]CF.[H-].[Na+]. The van der Waals surface area contributed by atoms with E-state index in [4.69, 9.17) is 6.11 Å². The molecule has 29 heavy (non-hydrogen) atoms. The maximum Gasteiger partial charge on any atom is 1.00 e. The van der Waals surface area contributed by atoms with Crippen LogP contribution in [-0.4, -0.2) is 64.9 Å². The molecule has 0 amide bonds. The van der Waals surface area contributed by atoms with Gasteiger partial charge in [0.05, 0.1) is 50.2 Å². The molecule has 15 heteroatoms. The van der Waals surface area contributed by atoms with Crippen molar-refractivity contribution in [3.63, 3.8) is 0 Å². The normalized spacial score (nSPS) is 13.5. The van der Waals surface area contributed by atoms with Crippen LogP contribution in [0.25, 0.3) is 0 Å². The molecule has 1 aliphatic rings. The average molecular weight is 430 g/mol. The van der Waals surface area contributed by atoms with Gasteiger partial charge < -0.3 is 31.5 Å². The smallest absolute Gasteiger partial charge is 1.00 e. The Morgan fingerprint density at radius 2 is 2.00 bits per heavy atom. The van der Waals surface area contributed by atoms with Crippen molar-refractivity contribution >= 4 is 11.8 Å². The second-order valence-corrected chi connectivity index (χ2v) is 6.56. The van der Waals surface area contributed by atoms with Crippen molar-refractivity contribution in [1.82, 2.24) is 25.0 Å². The van der Waals surface area contributed by atoms with Crippen molar-refractivity contribution in [1.29, 1.82) is 0 Å². The van der Waals surface area contributed by atoms with Gasteiger partial charge in [0.15, 0.2) is 0 Å². The second kappa shape index (κ2) is 13.3. The van der Waals surface area contributed by atoms with Gasteiger partial charge in [0.1, 0.15) is 0 Å². The number of aromatic nitrogens is 5. The Balaban J connectivity index is -0.000000373. The summed E-state index contributed by atoms with van der Waals surface area (Å²) in [6.07, 6.45) is 2.55. The van der Waals surface area contributed by atoms with E-state index >= 15 is 0 Å². The quantitative estimate of drug-likeness (QED) is 0.260. The predicted molar refractivity (Wildman–Crippen MR) is 96.4 cm³/mol. The van der Waals surface area contributed by atoms with Gasteiger partial charge in [0.2, 0.25) is 6.33 Å². The summed E-state index contributed by atoms with van der Waals surface area (Å²) in [5, 5.41) is 38.4. The number of alkyl halides is 1. The number of H-pyrrole nitrogens is 1. The topological polar surface area (TPSA) is 178 Å². The van der Waals surface area contributed by atoms with Crippen molar-refractivity contribution < 1.29 is 56.4 Å². The van der Waals surface area contributed by atoms with Crippen LogP contribution < -0.4 is 29.6 Å². The van der Waals surface area contributed by atoms with E-state index in [9.17, 15) is 29.7 Å². The number of nitrogens with one attached hydrogen (secondary N) is 1. The third kappa shape index (κ3) is 14.6. The fraction of sp³-hybridized carbons (Fsp3) is 0.643. The molecule has 0 aliphatic carbocycles. The minimum Gasteiger partial charge on any atom is -1.00 e. The average Bonchev–Trinajstić information content (AvgIpc) is 3.02. The summed E-state index contributed by atoms with van der Waals surface area (Å²) in [7, 11) is -1.00. The molecule has 3 heterocycles. The standard InChI is InChI=1S/C7H11N3O3.C4H8O.C2H2N4O2.CH3F.Na.H/c1-7(2,11)5-9-4-3-6(8-9)10(12)13;1-4(2)3-5-4;7-6(8)2-3-1-4-5-2;1-2;;/h3-4,11H,5H2,1-2H3;3H2,1-2H3;1H,(H,3,4,5);1H3;;/q;;;;+1;-1/i;;;1D;;. The summed E-state index contributed by atoms with van der Waals surface area (Å²) in [6, 6.07) is 1.30. The Kier molecular flexibility index (Phi) is 12.4. The Hall–Kier alpha value is -2.00. The van der Waals surface area contributed by atoms with Crippen LogP contribution in [0.15, 0.2) is 18.6 Å². The molecule has 0 radical (unpaired) electrons. The first-order valence-corrected chi connectivity index (χ1v) is 7.70. The van der Waals surface area contributed by atoms with Gasteiger partial charge in [-0.1, -0.05) is 10.1 Å². The molecule has 1 saturated heterocycles. The van der Waals surface area contributed by atoms with Crippen molar-refractivity contribution in [3.05, 3.63) is 38.8 Å². The van der Waals surface area contributed by atoms with Gasteiger partial charge in [-0.3, -0.25) is 4.39 Å². The number of halogens is 1. The molecular weight excluding hydrogens is 404 g/mol. The number of hydrogen-bond acceptors (Lipinski definition) is 9. The maximum absolute atomic E-state index is 10.2. The molecule has 160 valence electrons. The van der Waals surface area contributed by atoms with Crippen molar-refractivity contribution in [3.8, 4) is 0 Å². The molecule has 2 N–H and O–H groups in total. The molecule has 0 unspecified atom stereocenters. The Morgan fingerprint density at radius 1 is 1.48 bits per heavy atom. The Labute approximate surface area is 191 Å². The monoisotopic (exact) mass is 430 g/mol. The summed E-state index contributed by atoms with van der Waals surface area (Å²) in [5.41, 5.74) is -0.667. The fourth-order valence-electron chi connectivity index (χ4n) is 1.36. The van der Waals surface area contributed by atoms with Crippen LogP contribution >= 0.6 is 0 Å². The van der Waals surface area contributed by atoms with Crippen LogP contribution in [0.2, 0.25) is 0 Å². The molecule has 1 fully saturated rings. The van der Waals surface area contributed by atoms with Gasteiger partial charge in [0.25, 0.3) is 0 Å². The molecule has 0 spiro atoms. The number of epoxide rings is 1. The van der Waals surface area contributed by atoms with E-state index in [1.54, 1.807) is 13.8 Å². The van der Waals surface area contributed by atoms with Gasteiger partial charge >= 0.3 is 41.3 Å². The first kappa shape index (κ1) is 27.0. The number of aliphatic hydroxyl groups is 1. The van der Waals surface area contributed by atoms with Crippen LogP contribution in [0.4, 0.5) is 16.2 Å². The molecule has 0 atom stereocenters. The third-order valence-corrected chi connectivity index (χ3v) is 2.66. The summed E-state index contributed by atoms with van der Waals surface area (Å²) >= 11 is 0. The summed E-state index contributed by atoms with van der Waals surface area (Å²) in [4.78, 5) is 22.0. The van der Waals surface area contributed by atoms with Crippen molar-refractivity contribution in [2.24, 2.45) is 0 Å². The van der Waals surface area contributed by atoms with Gasteiger partial charge in [-0.05, 0) is 37.5 Å². The molecule has 2 aromatic rings. The van der Waals surface area contributed by atoms with Crippen LogP contribution in [0.5, 0.6) is 0 Å². The number of nitrogens with zero attached hydrogens (tertiary/aromatic N) is 6. The van der Waals surface area contributed by atoms with Crippen LogP contribution in [0.3, 0.4) is 0 Å². The van der Waals surface area contributed by atoms with Gasteiger partial charge in [-0.15, -0.1) is 5.10 Å². The zero-order valence-corrected chi connectivity index (χ0v) is 18.9. The predicted octanol–water partition coefficient (Wildman–Crippen LogP) is -1.23. The van der Waals surface area contributed by atoms with E-state index in [-0.39, 0.29) is 54.9 Å². The van der Waals surface area contributed by atoms with Gasteiger partial charge in [-0.2, -0.15) is 4.68 Å². The van der Waals surface area contributed by atoms with E-state index < -0.39 is 22.6 Å². The fourth-order valence-corrected chi connectivity index (χ4v) is 1.36. The van der Waals surface area contributed by atoms with E-state index in [0.717, 1.165) is 12.9 Å². The largest absolute Gasteiger partial charge is 1.00 e. The third-order valence-electron chi connectivity index (χ3n) is 2.66. The minimum absolute atomic E-state index is 0. The molecule has 3 rings (SSSR count). The Morgan fingerprint density at radius 3 is 2.24 bits per heavy atom. The number of nitro groups is 2. The molecule has 0 bridgehead atoms. The second-order valence-electron chi connectivity index (χ2n) is 6.56. The van der Waals surface area contributed by atoms with Gasteiger partial charge in [-0.25, -0.2) is 0 Å². The minimum atomic E-state index is -1.00. The van der Waals surface area contributed by atoms with E-state index in [0.29, 0.717) is 0 Å². The molecule has 0 saturated carbocycles. The van der Waals surface area contributed by atoms with Crippen molar-refractivity contribution in [2.75, 3.05) is 13.8 Å².